The van der Waals surface area contributed by atoms with Gasteiger partial charge in [-0.1, -0.05) is 36.4 Å². The van der Waals surface area contributed by atoms with E-state index in [-0.39, 0.29) is 12.0 Å². The van der Waals surface area contributed by atoms with Gasteiger partial charge in [-0.3, -0.25) is 0 Å². The van der Waals surface area contributed by atoms with Crippen molar-refractivity contribution >= 4 is 11.5 Å². The van der Waals surface area contributed by atoms with Gasteiger partial charge in [0, 0.05) is 55.9 Å². The van der Waals surface area contributed by atoms with Crippen LogP contribution in [0.4, 0.5) is 11.5 Å². The Kier molecular flexibility index (Phi) is 6.80. The predicted octanol–water partition coefficient (Wildman–Crippen LogP) is 3.05. The average Bonchev–Trinajstić information content (AvgIpc) is 3.64. The molecule has 0 bridgehead atoms. The normalized spacial score (nSPS) is 21.5. The Morgan fingerprint density at radius 1 is 0.974 bits per heavy atom. The fraction of sp³-hybridized carbons (Fsp3) is 0.321. The second-order valence-electron chi connectivity index (χ2n) is 9.42. The third-order valence-corrected chi connectivity index (χ3v) is 6.87. The highest BCUT2D eigenvalue weighted by molar-refractivity contribution is 5.52. The number of anilines is 2. The Morgan fingerprint density at radius 3 is 2.58 bits per heavy atom. The van der Waals surface area contributed by atoms with E-state index >= 15 is 0 Å². The lowest BCUT2D eigenvalue weighted by Gasteiger charge is -2.36. The molecule has 0 spiro atoms. The van der Waals surface area contributed by atoms with Crippen molar-refractivity contribution in [3.63, 3.8) is 0 Å². The lowest BCUT2D eigenvalue weighted by atomic mass is 10.1. The number of piperazine rings is 1. The van der Waals surface area contributed by atoms with Crippen molar-refractivity contribution in [1.29, 1.82) is 0 Å². The summed E-state index contributed by atoms with van der Waals surface area (Å²) in [6.07, 6.45) is 8.20. The molecule has 1 N–H and O–H groups in total. The third-order valence-electron chi connectivity index (χ3n) is 6.87. The standard InChI is InChI=1S/C28H30N6O4/c35-27-17-30-26(16-31-27)34-13-11-33(12-14-34)23-7-4-8-24(15-23)36-18-25-19-37-28(38-25,20-32-10-9-29-21-32)22-5-2-1-3-6-22/h1-10,15-17,21,25H,11-14,18-20H2,(H,31,35)/t25-,28+/m1/s1. The Bertz CT molecular complexity index is 1310. The maximum atomic E-state index is 9.38. The summed E-state index contributed by atoms with van der Waals surface area (Å²) < 4.78 is 20.9. The second kappa shape index (κ2) is 10.7. The molecule has 2 saturated heterocycles. The summed E-state index contributed by atoms with van der Waals surface area (Å²) >= 11 is 0. The number of aromatic nitrogens is 4. The van der Waals surface area contributed by atoms with Crippen LogP contribution in [0.3, 0.4) is 0 Å². The molecule has 38 heavy (non-hydrogen) atoms. The van der Waals surface area contributed by atoms with Gasteiger partial charge in [-0.25, -0.2) is 15.0 Å². The zero-order valence-electron chi connectivity index (χ0n) is 21.0. The van der Waals surface area contributed by atoms with Crippen LogP contribution in [0.2, 0.25) is 0 Å². The number of imidazole rings is 1. The molecule has 2 aromatic heterocycles. The summed E-state index contributed by atoms with van der Waals surface area (Å²) in [4.78, 5) is 16.9. The maximum Gasteiger partial charge on any atom is 0.229 e. The number of rotatable bonds is 8. The Morgan fingerprint density at radius 2 is 1.82 bits per heavy atom. The first-order valence-electron chi connectivity index (χ1n) is 12.7. The van der Waals surface area contributed by atoms with Crippen molar-refractivity contribution in [3.05, 3.63) is 91.3 Å². The molecule has 0 saturated carbocycles. The molecule has 2 aliphatic rings. The van der Waals surface area contributed by atoms with E-state index in [2.05, 4.69) is 36.9 Å². The van der Waals surface area contributed by atoms with Crippen molar-refractivity contribution in [1.82, 2.24) is 19.5 Å². The number of aromatic hydroxyl groups is 1. The van der Waals surface area contributed by atoms with E-state index in [0.29, 0.717) is 19.8 Å². The number of nitrogens with zero attached hydrogens (tertiary/aromatic N) is 6. The van der Waals surface area contributed by atoms with E-state index < -0.39 is 5.79 Å². The average molecular weight is 515 g/mol. The Hall–Kier alpha value is -4.15. The number of ether oxygens (including phenoxy) is 3. The quantitative estimate of drug-likeness (QED) is 0.380. The molecule has 2 fully saturated rings. The minimum Gasteiger partial charge on any atom is -0.492 e. The summed E-state index contributed by atoms with van der Waals surface area (Å²) in [6, 6.07) is 18.2. The molecular weight excluding hydrogens is 484 g/mol. The molecule has 0 unspecified atom stereocenters. The smallest absolute Gasteiger partial charge is 0.229 e. The molecule has 2 aromatic carbocycles. The van der Waals surface area contributed by atoms with Crippen molar-refractivity contribution in [2.45, 2.75) is 18.4 Å². The van der Waals surface area contributed by atoms with Crippen molar-refractivity contribution in [2.24, 2.45) is 0 Å². The minimum absolute atomic E-state index is 0.0669. The maximum absolute atomic E-state index is 9.38. The van der Waals surface area contributed by atoms with Gasteiger partial charge in [0.15, 0.2) is 0 Å². The van der Waals surface area contributed by atoms with Gasteiger partial charge in [0.2, 0.25) is 11.7 Å². The van der Waals surface area contributed by atoms with E-state index in [9.17, 15) is 5.11 Å². The van der Waals surface area contributed by atoms with Crippen LogP contribution in [-0.2, 0) is 21.8 Å². The molecule has 2 atom stereocenters. The van der Waals surface area contributed by atoms with Gasteiger partial charge in [0.25, 0.3) is 0 Å². The van der Waals surface area contributed by atoms with Crippen LogP contribution in [0.5, 0.6) is 11.6 Å². The van der Waals surface area contributed by atoms with E-state index in [1.165, 1.54) is 6.20 Å². The second-order valence-corrected chi connectivity index (χ2v) is 9.42. The van der Waals surface area contributed by atoms with Crippen molar-refractivity contribution < 1.29 is 19.3 Å². The fourth-order valence-corrected chi connectivity index (χ4v) is 4.92. The summed E-state index contributed by atoms with van der Waals surface area (Å²) in [5, 5.41) is 9.38. The Labute approximate surface area is 221 Å². The molecule has 10 nitrogen and oxygen atoms in total. The van der Waals surface area contributed by atoms with Crippen LogP contribution in [0.1, 0.15) is 5.56 Å². The van der Waals surface area contributed by atoms with E-state index in [0.717, 1.165) is 49.0 Å². The van der Waals surface area contributed by atoms with Crippen LogP contribution in [0, 0.1) is 0 Å². The largest absolute Gasteiger partial charge is 0.492 e. The molecule has 0 aliphatic carbocycles. The molecule has 4 heterocycles. The lowest BCUT2D eigenvalue weighted by molar-refractivity contribution is -0.189. The minimum atomic E-state index is -0.889. The van der Waals surface area contributed by atoms with Crippen molar-refractivity contribution in [3.8, 4) is 11.6 Å². The molecule has 0 radical (unpaired) electrons. The van der Waals surface area contributed by atoms with E-state index in [1.807, 2.05) is 53.2 Å². The molecule has 0 amide bonds. The summed E-state index contributed by atoms with van der Waals surface area (Å²) in [7, 11) is 0. The molecule has 10 heteroatoms. The van der Waals surface area contributed by atoms with Gasteiger partial charge in [-0.05, 0) is 12.1 Å². The van der Waals surface area contributed by atoms with Gasteiger partial charge in [-0.2, -0.15) is 0 Å². The highest BCUT2D eigenvalue weighted by Crippen LogP contribution is 2.36. The van der Waals surface area contributed by atoms with Crippen LogP contribution in [-0.4, -0.2) is 70.1 Å². The van der Waals surface area contributed by atoms with Gasteiger partial charge in [0.05, 0.1) is 31.9 Å². The fourth-order valence-electron chi connectivity index (χ4n) is 4.92. The monoisotopic (exact) mass is 514 g/mol. The third kappa shape index (κ3) is 5.27. The molecule has 6 rings (SSSR count). The predicted molar refractivity (Wildman–Crippen MR) is 141 cm³/mol. The molecule has 2 aliphatic heterocycles. The Balaban J connectivity index is 1.07. The first-order valence-corrected chi connectivity index (χ1v) is 12.7. The first kappa shape index (κ1) is 24.2. The summed E-state index contributed by atoms with van der Waals surface area (Å²) in [5.41, 5.74) is 2.08. The molecular formula is C28H30N6O4. The lowest BCUT2D eigenvalue weighted by Crippen LogP contribution is -2.46. The van der Waals surface area contributed by atoms with E-state index in [4.69, 9.17) is 14.2 Å². The first-order chi connectivity index (χ1) is 18.7. The van der Waals surface area contributed by atoms with Crippen LogP contribution in [0.25, 0.3) is 0 Å². The number of hydrogen-bond donors (Lipinski definition) is 1. The summed E-state index contributed by atoms with van der Waals surface area (Å²) in [6.45, 7) is 4.65. The molecule has 196 valence electrons. The highest BCUT2D eigenvalue weighted by atomic mass is 16.8. The van der Waals surface area contributed by atoms with Crippen molar-refractivity contribution in [2.75, 3.05) is 49.2 Å². The SMILES string of the molecule is Oc1cnc(N2CCN(c3cccc(OC[C@@H]4CO[C@](Cn5ccnc5)(c5ccccc5)O4)c3)CC2)cn1. The van der Waals surface area contributed by atoms with E-state index in [1.54, 1.807) is 18.7 Å². The van der Waals surface area contributed by atoms with Gasteiger partial charge in [0.1, 0.15) is 24.3 Å². The van der Waals surface area contributed by atoms with Crippen LogP contribution in [0.15, 0.2) is 85.7 Å². The van der Waals surface area contributed by atoms with Gasteiger partial charge >= 0.3 is 0 Å². The van der Waals surface area contributed by atoms with Gasteiger partial charge in [-0.15, -0.1) is 0 Å². The van der Waals surface area contributed by atoms with Crippen LogP contribution < -0.4 is 14.5 Å². The highest BCUT2D eigenvalue weighted by Gasteiger charge is 2.44. The van der Waals surface area contributed by atoms with Gasteiger partial charge < -0.3 is 33.7 Å². The zero-order chi connectivity index (χ0) is 25.8. The number of hydrogen-bond acceptors (Lipinski definition) is 9. The van der Waals surface area contributed by atoms with Crippen LogP contribution >= 0.6 is 0 Å². The summed E-state index contributed by atoms with van der Waals surface area (Å²) in [5.74, 6) is 0.616. The number of benzene rings is 2. The topological polar surface area (TPSA) is 98.0 Å². The zero-order valence-corrected chi connectivity index (χ0v) is 21.0. The molecule has 4 aromatic rings.